The molecule has 2 N–H and O–H groups in total. The zero-order valence-electron chi connectivity index (χ0n) is 24.9. The third kappa shape index (κ3) is 12.1. The molecule has 0 bridgehead atoms. The summed E-state index contributed by atoms with van der Waals surface area (Å²) in [5.74, 6) is 0.245. The summed E-state index contributed by atoms with van der Waals surface area (Å²) >= 11 is 1.61. The third-order valence-electron chi connectivity index (χ3n) is 6.37. The molecule has 2 atom stereocenters. The summed E-state index contributed by atoms with van der Waals surface area (Å²) in [7, 11) is 0. The number of carbonyl (C=O) groups is 3. The Hall–Kier alpha value is -2.22. The standard InChI is InChI=1S/C30H51N3O4S/c1-9-11-13-18-31-27(34)26(24-16-15-22(3)23(4)21-24)33(19-14-12-10-2)28(35)25(17-20-38-8)32-29(36)37-30(5,6)7/h15-16,21,25-26H,9-14,17-20H2,1-8H3,(H,31,34)(H,32,36). The number of ether oxygens (including phenoxy) is 1. The van der Waals surface area contributed by atoms with Crippen LogP contribution in [-0.2, 0) is 14.3 Å². The van der Waals surface area contributed by atoms with Crippen LogP contribution < -0.4 is 10.6 Å². The number of rotatable bonds is 16. The Labute approximate surface area is 235 Å². The van der Waals surface area contributed by atoms with Crippen LogP contribution in [0.5, 0.6) is 0 Å². The molecule has 1 rings (SSSR count). The van der Waals surface area contributed by atoms with Gasteiger partial charge < -0.3 is 20.3 Å². The van der Waals surface area contributed by atoms with Crippen molar-refractivity contribution < 1.29 is 19.1 Å². The predicted octanol–water partition coefficient (Wildman–Crippen LogP) is 6.32. The van der Waals surface area contributed by atoms with E-state index in [-0.39, 0.29) is 11.8 Å². The van der Waals surface area contributed by atoms with Crippen molar-refractivity contribution in [1.82, 2.24) is 15.5 Å². The van der Waals surface area contributed by atoms with E-state index in [0.717, 1.165) is 55.2 Å². The molecule has 0 saturated heterocycles. The number of nitrogens with one attached hydrogen (secondary N) is 2. The number of carbonyl (C=O) groups excluding carboxylic acids is 3. The Morgan fingerprint density at radius 1 is 1.00 bits per heavy atom. The maximum absolute atomic E-state index is 14.2. The second-order valence-corrected chi connectivity index (χ2v) is 11.9. The minimum absolute atomic E-state index is 0.185. The monoisotopic (exact) mass is 549 g/mol. The highest BCUT2D eigenvalue weighted by atomic mass is 32.2. The molecule has 1 aromatic carbocycles. The quantitative estimate of drug-likeness (QED) is 0.236. The Kier molecular flexibility index (Phi) is 15.5. The van der Waals surface area contributed by atoms with Crippen LogP contribution in [0, 0.1) is 13.8 Å². The van der Waals surface area contributed by atoms with E-state index >= 15 is 0 Å². The summed E-state index contributed by atoms with van der Waals surface area (Å²) in [6.07, 6.45) is 7.48. The molecule has 1 aromatic rings. The highest BCUT2D eigenvalue weighted by Crippen LogP contribution is 2.26. The number of unbranched alkanes of at least 4 members (excludes halogenated alkanes) is 4. The molecule has 0 aliphatic heterocycles. The lowest BCUT2D eigenvalue weighted by Gasteiger charge is -2.35. The van der Waals surface area contributed by atoms with E-state index in [9.17, 15) is 14.4 Å². The SMILES string of the molecule is CCCCCNC(=O)C(c1ccc(C)c(C)c1)N(CCCCC)C(=O)C(CCSC)NC(=O)OC(C)(C)C. The van der Waals surface area contributed by atoms with Crippen LogP contribution in [-0.4, -0.2) is 59.5 Å². The molecule has 0 fully saturated rings. The van der Waals surface area contributed by atoms with Crippen molar-refractivity contribution in [3.05, 3.63) is 34.9 Å². The van der Waals surface area contributed by atoms with Crippen molar-refractivity contribution in [3.8, 4) is 0 Å². The number of benzene rings is 1. The molecule has 7 nitrogen and oxygen atoms in total. The number of alkyl carbamates (subject to hydrolysis) is 1. The number of amides is 3. The van der Waals surface area contributed by atoms with Crippen molar-refractivity contribution >= 4 is 29.7 Å². The minimum atomic E-state index is -0.791. The van der Waals surface area contributed by atoms with Crippen LogP contribution in [0.3, 0.4) is 0 Å². The van der Waals surface area contributed by atoms with Crippen molar-refractivity contribution in [1.29, 1.82) is 0 Å². The van der Waals surface area contributed by atoms with Gasteiger partial charge in [0, 0.05) is 13.1 Å². The van der Waals surface area contributed by atoms with E-state index in [4.69, 9.17) is 4.74 Å². The Bertz CT molecular complexity index is 885. The van der Waals surface area contributed by atoms with Crippen molar-refractivity contribution in [2.24, 2.45) is 0 Å². The van der Waals surface area contributed by atoms with Gasteiger partial charge in [-0.15, -0.1) is 0 Å². The molecule has 0 heterocycles. The lowest BCUT2D eigenvalue weighted by Crippen LogP contribution is -2.53. The van der Waals surface area contributed by atoms with Gasteiger partial charge in [0.2, 0.25) is 11.8 Å². The molecule has 0 aliphatic rings. The molecular weight excluding hydrogens is 498 g/mol. The number of nitrogens with zero attached hydrogens (tertiary/aromatic N) is 1. The number of hydrogen-bond donors (Lipinski definition) is 2. The maximum Gasteiger partial charge on any atom is 0.408 e. The molecule has 0 spiro atoms. The molecule has 0 aliphatic carbocycles. The second kappa shape index (κ2) is 17.4. The van der Waals surface area contributed by atoms with Gasteiger partial charge in [-0.25, -0.2) is 4.79 Å². The first-order valence-corrected chi connectivity index (χ1v) is 15.5. The lowest BCUT2D eigenvalue weighted by atomic mass is 9.97. The van der Waals surface area contributed by atoms with Crippen LogP contribution in [0.25, 0.3) is 0 Å². The van der Waals surface area contributed by atoms with Crippen molar-refractivity contribution in [2.75, 3.05) is 25.1 Å². The summed E-state index contributed by atoms with van der Waals surface area (Å²) in [6, 6.07) is 4.38. The summed E-state index contributed by atoms with van der Waals surface area (Å²) in [5, 5.41) is 5.89. The van der Waals surface area contributed by atoms with Crippen LogP contribution in [0.1, 0.15) is 102 Å². The smallest absolute Gasteiger partial charge is 0.408 e. The second-order valence-electron chi connectivity index (χ2n) is 11.0. The molecule has 0 radical (unpaired) electrons. The van der Waals surface area contributed by atoms with Gasteiger partial charge >= 0.3 is 6.09 Å². The normalized spacial score (nSPS) is 12.9. The Morgan fingerprint density at radius 2 is 1.66 bits per heavy atom. The van der Waals surface area contributed by atoms with Crippen molar-refractivity contribution in [3.63, 3.8) is 0 Å². The van der Waals surface area contributed by atoms with Gasteiger partial charge in [0.1, 0.15) is 17.7 Å². The molecule has 8 heteroatoms. The van der Waals surface area contributed by atoms with Crippen molar-refractivity contribution in [2.45, 2.75) is 111 Å². The first-order valence-electron chi connectivity index (χ1n) is 14.1. The molecular formula is C30H51N3O4S. The van der Waals surface area contributed by atoms with Crippen LogP contribution in [0.2, 0.25) is 0 Å². The largest absolute Gasteiger partial charge is 0.444 e. The van der Waals surface area contributed by atoms with E-state index in [1.165, 1.54) is 0 Å². The topological polar surface area (TPSA) is 87.7 Å². The van der Waals surface area contributed by atoms with Gasteiger partial charge in [-0.3, -0.25) is 9.59 Å². The van der Waals surface area contributed by atoms with Crippen LogP contribution in [0.15, 0.2) is 18.2 Å². The van der Waals surface area contributed by atoms with E-state index in [1.54, 1.807) is 37.4 Å². The first-order chi connectivity index (χ1) is 17.9. The Morgan fingerprint density at radius 3 is 2.24 bits per heavy atom. The molecule has 38 heavy (non-hydrogen) atoms. The van der Waals surface area contributed by atoms with E-state index < -0.39 is 23.8 Å². The highest BCUT2D eigenvalue weighted by molar-refractivity contribution is 7.98. The van der Waals surface area contributed by atoms with Gasteiger partial charge in [-0.1, -0.05) is 57.7 Å². The van der Waals surface area contributed by atoms with Gasteiger partial charge in [0.05, 0.1) is 0 Å². The summed E-state index contributed by atoms with van der Waals surface area (Å²) in [5.41, 5.74) is 2.30. The molecule has 2 unspecified atom stereocenters. The van der Waals surface area contributed by atoms with E-state index in [1.807, 2.05) is 38.3 Å². The van der Waals surface area contributed by atoms with E-state index in [0.29, 0.717) is 25.3 Å². The minimum Gasteiger partial charge on any atom is -0.444 e. The predicted molar refractivity (Wildman–Crippen MR) is 159 cm³/mol. The maximum atomic E-state index is 14.2. The zero-order valence-corrected chi connectivity index (χ0v) is 25.8. The fraction of sp³-hybridized carbons (Fsp3) is 0.700. The first kappa shape index (κ1) is 33.8. The third-order valence-corrected chi connectivity index (χ3v) is 7.02. The zero-order chi connectivity index (χ0) is 28.7. The molecule has 216 valence electrons. The van der Waals surface area contributed by atoms with E-state index in [2.05, 4.69) is 24.5 Å². The van der Waals surface area contributed by atoms with Gasteiger partial charge in [0.15, 0.2) is 0 Å². The summed E-state index contributed by atoms with van der Waals surface area (Å²) in [6.45, 7) is 14.7. The van der Waals surface area contributed by atoms with Gasteiger partial charge in [-0.2, -0.15) is 11.8 Å². The summed E-state index contributed by atoms with van der Waals surface area (Å²) < 4.78 is 5.47. The number of hydrogen-bond acceptors (Lipinski definition) is 5. The fourth-order valence-electron chi connectivity index (χ4n) is 4.13. The fourth-order valence-corrected chi connectivity index (χ4v) is 4.60. The number of aryl methyl sites for hydroxylation is 2. The van der Waals surface area contributed by atoms with Crippen LogP contribution in [0.4, 0.5) is 4.79 Å². The molecule has 0 saturated carbocycles. The highest BCUT2D eigenvalue weighted by Gasteiger charge is 2.36. The number of thioether (sulfide) groups is 1. The summed E-state index contributed by atoms with van der Waals surface area (Å²) in [4.78, 5) is 42.2. The average molecular weight is 550 g/mol. The molecule has 3 amide bonds. The molecule has 0 aromatic heterocycles. The average Bonchev–Trinajstić information content (AvgIpc) is 2.84. The Balaban J connectivity index is 3.45. The lowest BCUT2D eigenvalue weighted by molar-refractivity contribution is -0.142. The van der Waals surface area contributed by atoms with Crippen LogP contribution >= 0.6 is 11.8 Å². The van der Waals surface area contributed by atoms with Gasteiger partial charge in [0.25, 0.3) is 0 Å². The van der Waals surface area contributed by atoms with Gasteiger partial charge in [-0.05, 0) is 82.6 Å².